The summed E-state index contributed by atoms with van der Waals surface area (Å²) in [5, 5.41) is 16.1. The number of ether oxygens (including phenoxy) is 2. The van der Waals surface area contributed by atoms with Crippen LogP contribution in [0.15, 0.2) is 36.8 Å². The van der Waals surface area contributed by atoms with Crippen LogP contribution in [-0.4, -0.2) is 70.5 Å². The molecule has 0 radical (unpaired) electrons. The van der Waals surface area contributed by atoms with Gasteiger partial charge < -0.3 is 24.8 Å². The molecule has 2 aromatic heterocycles. The number of rotatable bonds is 7. The Balaban J connectivity index is 1.24. The molecule has 2 aliphatic rings. The number of aliphatic hydroxyl groups excluding tert-OH is 1. The number of aromatic nitrogens is 4. The molecule has 0 amide bonds. The molecule has 1 aliphatic heterocycles. The first-order valence-electron chi connectivity index (χ1n) is 11.9. The van der Waals surface area contributed by atoms with Gasteiger partial charge in [0.15, 0.2) is 0 Å². The molecule has 1 aliphatic carbocycles. The number of benzene rings is 1. The van der Waals surface area contributed by atoms with E-state index in [0.29, 0.717) is 11.6 Å². The molecule has 10 heteroatoms. The molecule has 1 atom stereocenters. The summed E-state index contributed by atoms with van der Waals surface area (Å²) in [5.74, 6) is 1.33. The summed E-state index contributed by atoms with van der Waals surface area (Å²) in [6.07, 6.45) is 8.12. The lowest BCUT2D eigenvalue weighted by atomic mass is 9.93. The van der Waals surface area contributed by atoms with Gasteiger partial charge in [-0.15, -0.1) is 0 Å². The normalized spacial score (nSPS) is 21.9. The highest BCUT2D eigenvalue weighted by molar-refractivity contribution is 5.85. The summed E-state index contributed by atoms with van der Waals surface area (Å²) >= 11 is 0. The maximum Gasteiger partial charge on any atom is 0.223 e. The van der Waals surface area contributed by atoms with Gasteiger partial charge in [0.25, 0.3) is 0 Å². The number of anilines is 2. The van der Waals surface area contributed by atoms with Crippen molar-refractivity contribution in [3.63, 3.8) is 0 Å². The predicted octanol–water partition coefficient (Wildman–Crippen LogP) is 2.27. The molecule has 10 nitrogen and oxygen atoms in total. The molecule has 2 fully saturated rings. The summed E-state index contributed by atoms with van der Waals surface area (Å²) in [7, 11) is 1.69. The Morgan fingerprint density at radius 2 is 1.85 bits per heavy atom. The molecule has 1 saturated carbocycles. The maximum atomic E-state index is 9.95. The van der Waals surface area contributed by atoms with Crippen molar-refractivity contribution in [2.75, 3.05) is 43.6 Å². The molecule has 0 spiro atoms. The smallest absolute Gasteiger partial charge is 0.223 e. The molecular weight excluding hydrogens is 434 g/mol. The van der Waals surface area contributed by atoms with Crippen LogP contribution in [0.3, 0.4) is 0 Å². The Morgan fingerprint density at radius 3 is 2.65 bits per heavy atom. The fraction of sp³-hybridized carbons (Fsp3) is 0.500. The quantitative estimate of drug-likeness (QED) is 0.449. The van der Waals surface area contributed by atoms with Crippen LogP contribution in [0.2, 0.25) is 0 Å². The average molecular weight is 466 g/mol. The van der Waals surface area contributed by atoms with Gasteiger partial charge in [0.1, 0.15) is 17.5 Å². The number of nitrogens with zero attached hydrogens (tertiary/aromatic N) is 5. The monoisotopic (exact) mass is 465 g/mol. The van der Waals surface area contributed by atoms with Crippen LogP contribution in [0, 0.1) is 0 Å². The van der Waals surface area contributed by atoms with Gasteiger partial charge in [-0.05, 0) is 44.9 Å². The van der Waals surface area contributed by atoms with Gasteiger partial charge in [-0.25, -0.2) is 15.0 Å². The zero-order valence-corrected chi connectivity index (χ0v) is 19.4. The average Bonchev–Trinajstić information content (AvgIpc) is 2.90. The van der Waals surface area contributed by atoms with Crippen molar-refractivity contribution in [1.29, 1.82) is 0 Å². The van der Waals surface area contributed by atoms with E-state index in [9.17, 15) is 5.11 Å². The number of morpholine rings is 1. The number of hydrogen-bond donors (Lipinski definition) is 3. The van der Waals surface area contributed by atoms with E-state index >= 15 is 0 Å². The van der Waals surface area contributed by atoms with Crippen LogP contribution >= 0.6 is 0 Å². The van der Waals surface area contributed by atoms with Crippen LogP contribution in [-0.2, 0) is 4.74 Å². The van der Waals surface area contributed by atoms with Crippen molar-refractivity contribution in [1.82, 2.24) is 25.3 Å². The van der Waals surface area contributed by atoms with E-state index in [4.69, 9.17) is 9.47 Å². The van der Waals surface area contributed by atoms with Crippen molar-refractivity contribution in [3.8, 4) is 5.75 Å². The van der Waals surface area contributed by atoms with Crippen LogP contribution < -0.4 is 20.3 Å². The molecule has 180 valence electrons. The molecular formula is C24H31N7O3. The molecule has 3 aromatic rings. The Labute approximate surface area is 198 Å². The van der Waals surface area contributed by atoms with E-state index < -0.39 is 6.23 Å². The van der Waals surface area contributed by atoms with Gasteiger partial charge in [0.05, 0.1) is 30.5 Å². The van der Waals surface area contributed by atoms with Crippen LogP contribution in [0.4, 0.5) is 11.6 Å². The Bertz CT molecular complexity index is 1100. The highest BCUT2D eigenvalue weighted by atomic mass is 16.5. The largest absolute Gasteiger partial charge is 0.488 e. The van der Waals surface area contributed by atoms with E-state index in [-0.39, 0.29) is 12.1 Å². The first-order valence-corrected chi connectivity index (χ1v) is 11.9. The minimum absolute atomic E-state index is 0.113. The van der Waals surface area contributed by atoms with Crippen molar-refractivity contribution in [2.45, 2.75) is 44.1 Å². The predicted molar refractivity (Wildman–Crippen MR) is 129 cm³/mol. The lowest BCUT2D eigenvalue weighted by molar-refractivity contribution is 0.122. The second kappa shape index (κ2) is 10.5. The number of aliphatic hydroxyl groups is 1. The van der Waals surface area contributed by atoms with Gasteiger partial charge in [-0.1, -0.05) is 0 Å². The first-order chi connectivity index (χ1) is 16.7. The summed E-state index contributed by atoms with van der Waals surface area (Å²) in [6.45, 7) is 3.17. The lowest BCUT2D eigenvalue weighted by Crippen LogP contribution is -2.36. The van der Waals surface area contributed by atoms with Crippen LogP contribution in [0.1, 0.15) is 37.6 Å². The number of hydrogen-bond acceptors (Lipinski definition) is 10. The summed E-state index contributed by atoms with van der Waals surface area (Å²) in [5.41, 5.74) is 3.29. The van der Waals surface area contributed by atoms with Gasteiger partial charge in [-0.3, -0.25) is 10.3 Å². The van der Waals surface area contributed by atoms with Crippen molar-refractivity contribution >= 4 is 22.7 Å². The van der Waals surface area contributed by atoms with Gasteiger partial charge in [0.2, 0.25) is 5.95 Å². The molecule has 3 N–H and O–H groups in total. The molecule has 1 unspecified atom stereocenters. The third kappa shape index (κ3) is 5.19. The lowest BCUT2D eigenvalue weighted by Gasteiger charge is -2.31. The molecule has 1 aromatic carbocycles. The number of nitrogens with one attached hydrogen (secondary N) is 2. The van der Waals surface area contributed by atoms with E-state index in [1.165, 1.54) is 0 Å². The highest BCUT2D eigenvalue weighted by Crippen LogP contribution is 2.33. The molecule has 3 heterocycles. The topological polar surface area (TPSA) is 118 Å². The van der Waals surface area contributed by atoms with E-state index in [1.807, 2.05) is 0 Å². The SMILES string of the molecule is CNC(O)c1ccnc(N[C@H]2CC[C@@H](Oc3cc(N4CCOCC4)cc4nccnc34)CC2)n1. The first kappa shape index (κ1) is 22.7. The number of fused-ring (bicyclic) bond motifs is 1. The fourth-order valence-electron chi connectivity index (χ4n) is 4.55. The fourth-order valence-corrected chi connectivity index (χ4v) is 4.55. The minimum Gasteiger partial charge on any atom is -0.488 e. The van der Waals surface area contributed by atoms with Crippen molar-refractivity contribution in [3.05, 3.63) is 42.5 Å². The minimum atomic E-state index is -0.807. The van der Waals surface area contributed by atoms with E-state index in [1.54, 1.807) is 31.7 Å². The third-order valence-electron chi connectivity index (χ3n) is 6.43. The molecule has 1 saturated heterocycles. The standard InChI is InChI=1S/C24H31N7O3/c1-25-23(32)19-6-7-28-24(30-19)29-16-2-4-18(5-3-16)34-21-15-17(31-10-12-33-13-11-31)14-20-22(21)27-9-8-26-20/h6-9,14-16,18,23,25,32H,2-5,10-13H2,1H3,(H,28,29,30)/t16-,18+,23?. The van der Waals surface area contributed by atoms with Crippen LogP contribution in [0.5, 0.6) is 5.75 Å². The van der Waals surface area contributed by atoms with Gasteiger partial charge in [0, 0.05) is 49.5 Å². The van der Waals surface area contributed by atoms with Gasteiger partial charge in [-0.2, -0.15) is 0 Å². The zero-order valence-electron chi connectivity index (χ0n) is 19.4. The van der Waals surface area contributed by atoms with Crippen molar-refractivity contribution < 1.29 is 14.6 Å². The van der Waals surface area contributed by atoms with Gasteiger partial charge >= 0.3 is 0 Å². The summed E-state index contributed by atoms with van der Waals surface area (Å²) < 4.78 is 12.0. The Hall–Kier alpha value is -3.08. The second-order valence-corrected chi connectivity index (χ2v) is 8.70. The summed E-state index contributed by atoms with van der Waals surface area (Å²) in [6, 6.07) is 6.15. The second-order valence-electron chi connectivity index (χ2n) is 8.70. The Kier molecular flexibility index (Phi) is 6.98. The maximum absolute atomic E-state index is 9.95. The molecule has 0 bridgehead atoms. The molecule has 34 heavy (non-hydrogen) atoms. The Morgan fingerprint density at radius 1 is 1.06 bits per heavy atom. The third-order valence-corrected chi connectivity index (χ3v) is 6.43. The summed E-state index contributed by atoms with van der Waals surface area (Å²) in [4.78, 5) is 20.1. The van der Waals surface area contributed by atoms with Crippen LogP contribution in [0.25, 0.3) is 11.0 Å². The van der Waals surface area contributed by atoms with E-state index in [0.717, 1.165) is 74.5 Å². The molecule has 5 rings (SSSR count). The zero-order chi connectivity index (χ0) is 23.3. The van der Waals surface area contributed by atoms with Crippen molar-refractivity contribution in [2.24, 2.45) is 0 Å². The highest BCUT2D eigenvalue weighted by Gasteiger charge is 2.25. The van der Waals surface area contributed by atoms with E-state index in [2.05, 4.69) is 47.6 Å².